The zero-order valence-electron chi connectivity index (χ0n) is 8.32. The molecule has 0 fully saturated rings. The van der Waals surface area contributed by atoms with E-state index in [0.717, 1.165) is 30.1 Å². The molecule has 1 aromatic carbocycles. The number of hydrogen-bond donors (Lipinski definition) is 0. The molecule has 1 aromatic rings. The molecule has 0 aliphatic carbocycles. The van der Waals surface area contributed by atoms with Gasteiger partial charge in [0.1, 0.15) is 18.1 Å². The topological polar surface area (TPSA) is 18.5 Å². The Hall–Kier alpha value is -1.44. The standard InChI is InChI=1S/C12H14O2/c1-2-8-13-12-7-9-14-11-6-4-3-5-10(11)12/h3-7H,2,8-9H2,1H3. The minimum atomic E-state index is 0.607. The Morgan fingerprint density at radius 2 is 2.21 bits per heavy atom. The van der Waals surface area contributed by atoms with Gasteiger partial charge in [-0.15, -0.1) is 0 Å². The zero-order chi connectivity index (χ0) is 9.80. The van der Waals surface area contributed by atoms with Gasteiger partial charge in [0.25, 0.3) is 0 Å². The number of para-hydroxylation sites is 1. The summed E-state index contributed by atoms with van der Waals surface area (Å²) in [5, 5.41) is 0. The first kappa shape index (κ1) is 9.13. The summed E-state index contributed by atoms with van der Waals surface area (Å²) in [5.74, 6) is 1.87. The van der Waals surface area contributed by atoms with Crippen LogP contribution in [-0.4, -0.2) is 13.2 Å². The Bertz CT molecular complexity index is 342. The molecule has 0 saturated heterocycles. The van der Waals surface area contributed by atoms with Gasteiger partial charge in [0.2, 0.25) is 0 Å². The number of benzene rings is 1. The van der Waals surface area contributed by atoms with E-state index < -0.39 is 0 Å². The van der Waals surface area contributed by atoms with E-state index in [0.29, 0.717) is 6.61 Å². The molecule has 2 heteroatoms. The molecule has 0 amide bonds. The van der Waals surface area contributed by atoms with Crippen LogP contribution in [-0.2, 0) is 4.74 Å². The van der Waals surface area contributed by atoms with E-state index in [-0.39, 0.29) is 0 Å². The van der Waals surface area contributed by atoms with E-state index >= 15 is 0 Å². The van der Waals surface area contributed by atoms with Crippen molar-refractivity contribution in [1.82, 2.24) is 0 Å². The number of rotatable bonds is 3. The summed E-state index contributed by atoms with van der Waals surface area (Å²) in [6.07, 6.45) is 3.01. The summed E-state index contributed by atoms with van der Waals surface area (Å²) >= 11 is 0. The van der Waals surface area contributed by atoms with Gasteiger partial charge in [-0.3, -0.25) is 0 Å². The highest BCUT2D eigenvalue weighted by molar-refractivity contribution is 5.67. The van der Waals surface area contributed by atoms with Crippen molar-refractivity contribution < 1.29 is 9.47 Å². The van der Waals surface area contributed by atoms with E-state index in [4.69, 9.17) is 9.47 Å². The molecule has 2 nitrogen and oxygen atoms in total. The molecule has 0 unspecified atom stereocenters. The predicted molar refractivity (Wildman–Crippen MR) is 56.2 cm³/mol. The van der Waals surface area contributed by atoms with E-state index in [1.54, 1.807) is 0 Å². The second-order valence-corrected chi connectivity index (χ2v) is 3.22. The lowest BCUT2D eigenvalue weighted by atomic mass is 10.1. The first-order chi connectivity index (χ1) is 6.92. The third-order valence-electron chi connectivity index (χ3n) is 2.12. The van der Waals surface area contributed by atoms with Gasteiger partial charge in [0.05, 0.1) is 12.2 Å². The molecule has 0 saturated carbocycles. The lowest BCUT2D eigenvalue weighted by molar-refractivity contribution is 0.263. The summed E-state index contributed by atoms with van der Waals surface area (Å²) in [5.41, 5.74) is 1.06. The Kier molecular flexibility index (Phi) is 2.73. The summed E-state index contributed by atoms with van der Waals surface area (Å²) < 4.78 is 11.1. The van der Waals surface area contributed by atoms with Crippen molar-refractivity contribution in [3.63, 3.8) is 0 Å². The molecule has 1 aliphatic rings. The Balaban J connectivity index is 2.22. The van der Waals surface area contributed by atoms with Crippen LogP contribution in [0.1, 0.15) is 18.9 Å². The molecule has 1 aliphatic heterocycles. The maximum atomic E-state index is 5.64. The summed E-state index contributed by atoms with van der Waals surface area (Å²) in [6, 6.07) is 7.96. The van der Waals surface area contributed by atoms with Crippen molar-refractivity contribution in [3.8, 4) is 5.75 Å². The minimum Gasteiger partial charge on any atom is -0.493 e. The van der Waals surface area contributed by atoms with E-state index in [1.165, 1.54) is 0 Å². The quantitative estimate of drug-likeness (QED) is 0.729. The normalized spacial score (nSPS) is 13.9. The number of ether oxygens (including phenoxy) is 2. The molecule has 1 heterocycles. The van der Waals surface area contributed by atoms with Gasteiger partial charge in [-0.25, -0.2) is 0 Å². The first-order valence-electron chi connectivity index (χ1n) is 4.97. The van der Waals surface area contributed by atoms with E-state index in [1.807, 2.05) is 30.3 Å². The molecule has 0 aromatic heterocycles. The third-order valence-corrected chi connectivity index (χ3v) is 2.12. The average Bonchev–Trinajstić information content (AvgIpc) is 2.26. The van der Waals surface area contributed by atoms with Crippen molar-refractivity contribution in [3.05, 3.63) is 35.9 Å². The molecular weight excluding hydrogens is 176 g/mol. The fourth-order valence-corrected chi connectivity index (χ4v) is 1.46. The van der Waals surface area contributed by atoms with Crippen LogP contribution in [0.15, 0.2) is 30.3 Å². The molecule has 14 heavy (non-hydrogen) atoms. The summed E-state index contributed by atoms with van der Waals surface area (Å²) in [6.45, 7) is 3.47. The lowest BCUT2D eigenvalue weighted by Crippen LogP contribution is -2.06. The number of fused-ring (bicyclic) bond motifs is 1. The molecule has 0 spiro atoms. The SMILES string of the molecule is CCCOC1=CCOc2ccccc21. The van der Waals surface area contributed by atoms with Crippen LogP contribution in [0, 0.1) is 0 Å². The van der Waals surface area contributed by atoms with Crippen LogP contribution in [0.3, 0.4) is 0 Å². The second kappa shape index (κ2) is 4.18. The Morgan fingerprint density at radius 1 is 1.36 bits per heavy atom. The third kappa shape index (κ3) is 1.74. The van der Waals surface area contributed by atoms with Crippen molar-refractivity contribution >= 4 is 5.76 Å². The fourth-order valence-electron chi connectivity index (χ4n) is 1.46. The summed E-state index contributed by atoms with van der Waals surface area (Å²) in [7, 11) is 0. The maximum Gasteiger partial charge on any atom is 0.130 e. The monoisotopic (exact) mass is 190 g/mol. The molecule has 2 rings (SSSR count). The highest BCUT2D eigenvalue weighted by Crippen LogP contribution is 2.29. The lowest BCUT2D eigenvalue weighted by Gasteiger charge is -2.18. The van der Waals surface area contributed by atoms with Crippen LogP contribution < -0.4 is 4.74 Å². The first-order valence-corrected chi connectivity index (χ1v) is 4.97. The zero-order valence-corrected chi connectivity index (χ0v) is 8.32. The summed E-state index contributed by atoms with van der Waals surface area (Å²) in [4.78, 5) is 0. The smallest absolute Gasteiger partial charge is 0.130 e. The van der Waals surface area contributed by atoms with E-state index in [9.17, 15) is 0 Å². The van der Waals surface area contributed by atoms with Crippen molar-refractivity contribution in [2.24, 2.45) is 0 Å². The van der Waals surface area contributed by atoms with Gasteiger partial charge in [-0.2, -0.15) is 0 Å². The van der Waals surface area contributed by atoms with Gasteiger partial charge in [-0.05, 0) is 24.6 Å². The average molecular weight is 190 g/mol. The molecular formula is C12H14O2. The minimum absolute atomic E-state index is 0.607. The van der Waals surface area contributed by atoms with Gasteiger partial charge in [0.15, 0.2) is 0 Å². The van der Waals surface area contributed by atoms with Crippen molar-refractivity contribution in [2.45, 2.75) is 13.3 Å². The Morgan fingerprint density at radius 3 is 3.07 bits per heavy atom. The van der Waals surface area contributed by atoms with Crippen LogP contribution >= 0.6 is 0 Å². The van der Waals surface area contributed by atoms with Crippen LogP contribution in [0.4, 0.5) is 0 Å². The van der Waals surface area contributed by atoms with Gasteiger partial charge >= 0.3 is 0 Å². The molecule has 0 bridgehead atoms. The van der Waals surface area contributed by atoms with Crippen LogP contribution in [0.2, 0.25) is 0 Å². The molecule has 0 N–H and O–H groups in total. The van der Waals surface area contributed by atoms with Gasteiger partial charge < -0.3 is 9.47 Å². The fraction of sp³-hybridized carbons (Fsp3) is 0.333. The highest BCUT2D eigenvalue weighted by atomic mass is 16.5. The second-order valence-electron chi connectivity index (χ2n) is 3.22. The Labute approximate surface area is 84.2 Å². The van der Waals surface area contributed by atoms with Crippen molar-refractivity contribution in [1.29, 1.82) is 0 Å². The van der Waals surface area contributed by atoms with Crippen LogP contribution in [0.5, 0.6) is 5.75 Å². The van der Waals surface area contributed by atoms with Gasteiger partial charge in [0, 0.05) is 0 Å². The highest BCUT2D eigenvalue weighted by Gasteiger charge is 2.13. The molecule has 74 valence electrons. The predicted octanol–water partition coefficient (Wildman–Crippen LogP) is 2.85. The van der Waals surface area contributed by atoms with E-state index in [2.05, 4.69) is 6.92 Å². The maximum absolute atomic E-state index is 5.64. The van der Waals surface area contributed by atoms with Gasteiger partial charge in [-0.1, -0.05) is 19.1 Å². The number of hydrogen-bond acceptors (Lipinski definition) is 2. The largest absolute Gasteiger partial charge is 0.493 e. The molecule has 0 atom stereocenters. The molecule has 0 radical (unpaired) electrons. The van der Waals surface area contributed by atoms with Crippen molar-refractivity contribution in [2.75, 3.05) is 13.2 Å². The van der Waals surface area contributed by atoms with Crippen LogP contribution in [0.25, 0.3) is 5.76 Å².